The van der Waals surface area contributed by atoms with Crippen molar-refractivity contribution in [3.05, 3.63) is 69.0 Å². The predicted molar refractivity (Wildman–Crippen MR) is 76.5 cm³/mol. The molecule has 2 aromatic rings. The van der Waals surface area contributed by atoms with Crippen LogP contribution in [0, 0.1) is 15.9 Å². The molecule has 0 radical (unpaired) electrons. The van der Waals surface area contributed by atoms with Crippen molar-refractivity contribution >= 4 is 23.0 Å². The van der Waals surface area contributed by atoms with Gasteiger partial charge >= 0.3 is 5.69 Å². The third-order valence-electron chi connectivity index (χ3n) is 2.91. The van der Waals surface area contributed by atoms with E-state index in [4.69, 9.17) is 11.6 Å². The molecular weight excluding hydrogens is 283 g/mol. The van der Waals surface area contributed by atoms with Gasteiger partial charge in [0.15, 0.2) is 0 Å². The van der Waals surface area contributed by atoms with Crippen LogP contribution in [-0.4, -0.2) is 4.92 Å². The van der Waals surface area contributed by atoms with Crippen LogP contribution in [-0.2, 0) is 0 Å². The van der Waals surface area contributed by atoms with Crippen LogP contribution in [0.15, 0.2) is 42.5 Å². The highest BCUT2D eigenvalue weighted by molar-refractivity contribution is 6.33. The van der Waals surface area contributed by atoms with Crippen molar-refractivity contribution in [2.75, 3.05) is 5.32 Å². The lowest BCUT2D eigenvalue weighted by molar-refractivity contribution is -0.383. The number of rotatable bonds is 4. The van der Waals surface area contributed by atoms with Gasteiger partial charge in [-0.25, -0.2) is 4.39 Å². The summed E-state index contributed by atoms with van der Waals surface area (Å²) >= 11 is 5.84. The summed E-state index contributed by atoms with van der Waals surface area (Å²) in [5.41, 5.74) is 0.989. The minimum atomic E-state index is -0.526. The summed E-state index contributed by atoms with van der Waals surface area (Å²) in [4.78, 5) is 10.5. The number of anilines is 1. The third kappa shape index (κ3) is 3.05. The molecule has 1 atom stereocenters. The highest BCUT2D eigenvalue weighted by Crippen LogP contribution is 2.34. The first kappa shape index (κ1) is 14.3. The Morgan fingerprint density at radius 1 is 1.25 bits per heavy atom. The maximum absolute atomic E-state index is 12.9. The summed E-state index contributed by atoms with van der Waals surface area (Å²) < 4.78 is 12.9. The maximum Gasteiger partial charge on any atom is 0.310 e. The lowest BCUT2D eigenvalue weighted by Gasteiger charge is -2.16. The molecule has 4 nitrogen and oxygen atoms in total. The van der Waals surface area contributed by atoms with Gasteiger partial charge in [0.05, 0.1) is 4.92 Å². The molecule has 0 aromatic heterocycles. The largest absolute Gasteiger partial charge is 0.373 e. The second-order valence-corrected chi connectivity index (χ2v) is 4.72. The minimum Gasteiger partial charge on any atom is -0.373 e. The van der Waals surface area contributed by atoms with Gasteiger partial charge in [-0.3, -0.25) is 10.1 Å². The summed E-state index contributed by atoms with van der Waals surface area (Å²) in [5.74, 6) is -0.324. The number of halogens is 2. The first-order valence-corrected chi connectivity index (χ1v) is 6.31. The average molecular weight is 295 g/mol. The first-order chi connectivity index (χ1) is 9.49. The van der Waals surface area contributed by atoms with Crippen LogP contribution in [0.4, 0.5) is 15.8 Å². The van der Waals surface area contributed by atoms with E-state index >= 15 is 0 Å². The van der Waals surface area contributed by atoms with E-state index in [-0.39, 0.29) is 22.6 Å². The van der Waals surface area contributed by atoms with Crippen LogP contribution in [0.5, 0.6) is 0 Å². The van der Waals surface area contributed by atoms with E-state index in [0.29, 0.717) is 5.69 Å². The highest BCUT2D eigenvalue weighted by Gasteiger charge is 2.19. The summed E-state index contributed by atoms with van der Waals surface area (Å²) in [6, 6.07) is 10.4. The number of nitrogens with one attached hydrogen (secondary N) is 1. The fraction of sp³-hybridized carbons (Fsp3) is 0.143. The number of hydrogen-bond acceptors (Lipinski definition) is 3. The number of benzene rings is 2. The van der Waals surface area contributed by atoms with Crippen molar-refractivity contribution in [3.63, 3.8) is 0 Å². The highest BCUT2D eigenvalue weighted by atomic mass is 35.5. The molecule has 2 rings (SSSR count). The zero-order valence-corrected chi connectivity index (χ0v) is 11.4. The second-order valence-electron chi connectivity index (χ2n) is 4.31. The van der Waals surface area contributed by atoms with Crippen molar-refractivity contribution in [1.82, 2.24) is 0 Å². The Bertz CT molecular complexity index is 632. The lowest BCUT2D eigenvalue weighted by Crippen LogP contribution is -2.08. The van der Waals surface area contributed by atoms with Crippen LogP contribution in [0.1, 0.15) is 18.5 Å². The second kappa shape index (κ2) is 5.88. The smallest absolute Gasteiger partial charge is 0.310 e. The molecule has 0 fully saturated rings. The van der Waals surface area contributed by atoms with Crippen molar-refractivity contribution in [1.29, 1.82) is 0 Å². The number of nitro groups is 1. The van der Waals surface area contributed by atoms with Crippen LogP contribution in [0.3, 0.4) is 0 Å². The van der Waals surface area contributed by atoms with Crippen molar-refractivity contribution in [2.24, 2.45) is 0 Å². The average Bonchev–Trinajstić information content (AvgIpc) is 2.39. The van der Waals surface area contributed by atoms with E-state index in [9.17, 15) is 14.5 Å². The minimum absolute atomic E-state index is 0.0753. The van der Waals surface area contributed by atoms with Gasteiger partial charge < -0.3 is 5.32 Å². The molecule has 0 heterocycles. The Labute approximate surface area is 120 Å². The van der Waals surface area contributed by atoms with Crippen molar-refractivity contribution in [3.8, 4) is 0 Å². The van der Waals surface area contributed by atoms with E-state index < -0.39 is 4.92 Å². The molecule has 6 heteroatoms. The standard InChI is InChI=1S/C14H12ClFN2O2/c1-9(10-5-7-11(16)8-6-10)17-13-4-2-3-12(15)14(13)18(19)20/h2-9,17H,1H3. The molecule has 0 aliphatic heterocycles. The Morgan fingerprint density at radius 3 is 2.50 bits per heavy atom. The van der Waals surface area contributed by atoms with E-state index in [2.05, 4.69) is 5.32 Å². The molecule has 0 aliphatic carbocycles. The van der Waals surface area contributed by atoms with Crippen LogP contribution < -0.4 is 5.32 Å². The van der Waals surface area contributed by atoms with Crippen LogP contribution in [0.2, 0.25) is 5.02 Å². The summed E-state index contributed by atoms with van der Waals surface area (Å²) in [6.45, 7) is 1.83. The fourth-order valence-electron chi connectivity index (χ4n) is 1.89. The zero-order chi connectivity index (χ0) is 14.7. The molecule has 104 valence electrons. The summed E-state index contributed by atoms with van der Waals surface area (Å²) in [7, 11) is 0. The summed E-state index contributed by atoms with van der Waals surface area (Å²) in [5, 5.41) is 14.1. The third-order valence-corrected chi connectivity index (χ3v) is 3.22. The number of nitro benzene ring substituents is 1. The molecule has 1 unspecified atom stereocenters. The molecule has 1 N–H and O–H groups in total. The lowest BCUT2D eigenvalue weighted by atomic mass is 10.1. The summed E-state index contributed by atoms with van der Waals surface area (Å²) in [6.07, 6.45) is 0. The molecule has 0 amide bonds. The van der Waals surface area contributed by atoms with Crippen LogP contribution in [0.25, 0.3) is 0 Å². The van der Waals surface area contributed by atoms with Crippen LogP contribution >= 0.6 is 11.6 Å². The van der Waals surface area contributed by atoms with E-state index in [1.54, 1.807) is 24.3 Å². The molecule has 2 aromatic carbocycles. The van der Waals surface area contributed by atoms with E-state index in [0.717, 1.165) is 5.56 Å². The molecule has 0 bridgehead atoms. The topological polar surface area (TPSA) is 55.2 Å². The van der Waals surface area contributed by atoms with Crippen molar-refractivity contribution < 1.29 is 9.31 Å². The van der Waals surface area contributed by atoms with Gasteiger partial charge in [-0.15, -0.1) is 0 Å². The van der Waals surface area contributed by atoms with Gasteiger partial charge in [0.2, 0.25) is 0 Å². The van der Waals surface area contributed by atoms with Gasteiger partial charge in [0.1, 0.15) is 16.5 Å². The van der Waals surface area contributed by atoms with Crippen molar-refractivity contribution in [2.45, 2.75) is 13.0 Å². The van der Waals surface area contributed by atoms with Gasteiger partial charge in [-0.2, -0.15) is 0 Å². The van der Waals surface area contributed by atoms with E-state index in [1.807, 2.05) is 6.92 Å². The molecule has 0 aliphatic rings. The normalized spacial score (nSPS) is 11.9. The van der Waals surface area contributed by atoms with Gasteiger partial charge in [-0.05, 0) is 36.8 Å². The Balaban J connectivity index is 2.28. The number of hydrogen-bond donors (Lipinski definition) is 1. The van der Waals surface area contributed by atoms with Gasteiger partial charge in [-0.1, -0.05) is 29.8 Å². The molecule has 0 saturated carbocycles. The van der Waals surface area contributed by atoms with Gasteiger partial charge in [0.25, 0.3) is 0 Å². The Hall–Kier alpha value is -2.14. The molecular formula is C14H12ClFN2O2. The molecule has 0 spiro atoms. The zero-order valence-electron chi connectivity index (χ0n) is 10.6. The first-order valence-electron chi connectivity index (χ1n) is 5.94. The Kier molecular flexibility index (Phi) is 4.20. The maximum atomic E-state index is 12.9. The molecule has 20 heavy (non-hydrogen) atoms. The molecule has 0 saturated heterocycles. The monoisotopic (exact) mass is 294 g/mol. The Morgan fingerprint density at radius 2 is 1.90 bits per heavy atom. The predicted octanol–water partition coefficient (Wildman–Crippen LogP) is 4.56. The SMILES string of the molecule is CC(Nc1cccc(Cl)c1[N+](=O)[O-])c1ccc(F)cc1. The number of nitrogens with zero attached hydrogens (tertiary/aromatic N) is 1. The fourth-order valence-corrected chi connectivity index (χ4v) is 2.13. The number of para-hydroxylation sites is 1. The van der Waals surface area contributed by atoms with Gasteiger partial charge in [0, 0.05) is 6.04 Å². The quantitative estimate of drug-likeness (QED) is 0.664. The van der Waals surface area contributed by atoms with E-state index in [1.165, 1.54) is 18.2 Å².